The van der Waals surface area contributed by atoms with Crippen LogP contribution < -0.4 is 10.2 Å². The van der Waals surface area contributed by atoms with Crippen LogP contribution >= 0.6 is 0 Å². The van der Waals surface area contributed by atoms with Crippen molar-refractivity contribution in [1.29, 1.82) is 0 Å². The van der Waals surface area contributed by atoms with E-state index >= 15 is 0 Å². The van der Waals surface area contributed by atoms with E-state index in [-0.39, 0.29) is 12.2 Å². The van der Waals surface area contributed by atoms with Crippen LogP contribution in [0, 0.1) is 0 Å². The fraction of sp³-hybridized carbons (Fsp3) is 0.625. The number of rotatable bonds is 6. The van der Waals surface area contributed by atoms with Crippen molar-refractivity contribution in [1.82, 2.24) is 5.32 Å². The molecular weight excluding hydrogens is 252 g/mol. The van der Waals surface area contributed by atoms with Gasteiger partial charge >= 0.3 is 0 Å². The van der Waals surface area contributed by atoms with Gasteiger partial charge in [0.05, 0.1) is 0 Å². The molecule has 2 rings (SSSR count). The Morgan fingerprint density at radius 3 is 2.15 bits per heavy atom. The molecule has 0 amide bonds. The van der Waals surface area contributed by atoms with Gasteiger partial charge in [-0.2, -0.15) is 0 Å². The largest absolute Gasteiger partial charge is 0.377 e. The van der Waals surface area contributed by atoms with Gasteiger partial charge in [-0.1, -0.05) is 19.1 Å². The first-order chi connectivity index (χ1) is 9.69. The lowest BCUT2D eigenvalue weighted by Crippen LogP contribution is -2.27. The summed E-state index contributed by atoms with van der Waals surface area (Å²) < 4.78 is 11.0. The van der Waals surface area contributed by atoms with Gasteiger partial charge in [-0.3, -0.25) is 0 Å². The molecule has 0 spiro atoms. The summed E-state index contributed by atoms with van der Waals surface area (Å²) in [6.07, 6.45) is 0.306. The minimum atomic E-state index is 0.153. The average Bonchev–Trinajstić information content (AvgIpc) is 2.91. The second-order valence-electron chi connectivity index (χ2n) is 5.32. The van der Waals surface area contributed by atoms with Crippen LogP contribution in [0.1, 0.15) is 25.5 Å². The summed E-state index contributed by atoms with van der Waals surface area (Å²) in [5.41, 5.74) is 2.56. The van der Waals surface area contributed by atoms with Gasteiger partial charge in [0.15, 0.2) is 0 Å². The highest BCUT2D eigenvalue weighted by atomic mass is 16.5. The zero-order chi connectivity index (χ0) is 14.5. The summed E-state index contributed by atoms with van der Waals surface area (Å²) in [6.45, 7) is 7.08. The zero-order valence-corrected chi connectivity index (χ0v) is 12.9. The van der Waals surface area contributed by atoms with Crippen LogP contribution in [0.15, 0.2) is 24.3 Å². The Bertz CT molecular complexity index is 395. The van der Waals surface area contributed by atoms with E-state index in [0.717, 1.165) is 19.6 Å². The average molecular weight is 278 g/mol. The van der Waals surface area contributed by atoms with E-state index in [1.165, 1.54) is 11.3 Å². The molecule has 4 nitrogen and oxygen atoms in total. The third kappa shape index (κ3) is 3.32. The number of anilines is 1. The quantitative estimate of drug-likeness (QED) is 0.865. The summed E-state index contributed by atoms with van der Waals surface area (Å²) in [5.74, 6) is 0. The summed E-state index contributed by atoms with van der Waals surface area (Å²) in [5, 5.41) is 3.43. The van der Waals surface area contributed by atoms with E-state index in [0.29, 0.717) is 6.04 Å². The van der Waals surface area contributed by atoms with Crippen LogP contribution in [0.25, 0.3) is 0 Å². The van der Waals surface area contributed by atoms with Gasteiger partial charge in [-0.15, -0.1) is 0 Å². The molecule has 0 aliphatic carbocycles. The number of hydrogen-bond acceptors (Lipinski definition) is 4. The fourth-order valence-corrected chi connectivity index (χ4v) is 2.81. The van der Waals surface area contributed by atoms with E-state index < -0.39 is 0 Å². The number of nitrogens with zero attached hydrogens (tertiary/aromatic N) is 1. The molecule has 1 saturated heterocycles. The van der Waals surface area contributed by atoms with E-state index in [1.54, 1.807) is 14.2 Å². The Kier molecular flexibility index (Phi) is 5.40. The van der Waals surface area contributed by atoms with Crippen molar-refractivity contribution in [3.8, 4) is 0 Å². The Morgan fingerprint density at radius 2 is 1.70 bits per heavy atom. The lowest BCUT2D eigenvalue weighted by atomic mass is 10.1. The molecule has 112 valence electrons. The molecular formula is C16H26N2O2. The molecule has 1 aliphatic rings. The lowest BCUT2D eigenvalue weighted by molar-refractivity contribution is -0.00461. The van der Waals surface area contributed by atoms with Gasteiger partial charge in [0.25, 0.3) is 0 Å². The van der Waals surface area contributed by atoms with Crippen molar-refractivity contribution >= 4 is 5.69 Å². The van der Waals surface area contributed by atoms with Crippen molar-refractivity contribution in [2.45, 2.75) is 32.1 Å². The highest BCUT2D eigenvalue weighted by Crippen LogP contribution is 2.25. The molecule has 3 atom stereocenters. The van der Waals surface area contributed by atoms with Crippen molar-refractivity contribution in [2.75, 3.05) is 38.8 Å². The molecule has 0 bridgehead atoms. The van der Waals surface area contributed by atoms with Gasteiger partial charge in [0, 0.05) is 39.0 Å². The highest BCUT2D eigenvalue weighted by molar-refractivity contribution is 5.49. The molecule has 1 aromatic carbocycles. The second kappa shape index (κ2) is 7.07. The minimum absolute atomic E-state index is 0.153. The van der Waals surface area contributed by atoms with Gasteiger partial charge in [-0.05, 0) is 31.2 Å². The van der Waals surface area contributed by atoms with Crippen molar-refractivity contribution < 1.29 is 9.47 Å². The molecule has 20 heavy (non-hydrogen) atoms. The summed E-state index contributed by atoms with van der Waals surface area (Å²) >= 11 is 0. The molecule has 1 fully saturated rings. The zero-order valence-electron chi connectivity index (χ0n) is 12.9. The van der Waals surface area contributed by atoms with Gasteiger partial charge in [0.2, 0.25) is 0 Å². The molecule has 4 heteroatoms. The molecule has 1 N–H and O–H groups in total. The Morgan fingerprint density at radius 1 is 1.15 bits per heavy atom. The van der Waals surface area contributed by atoms with Gasteiger partial charge in [-0.25, -0.2) is 0 Å². The molecule has 1 aromatic rings. The lowest BCUT2D eigenvalue weighted by Gasteiger charge is -2.19. The Balaban J connectivity index is 2.03. The summed E-state index contributed by atoms with van der Waals surface area (Å²) in [7, 11) is 3.50. The predicted octanol–water partition coefficient (Wildman–Crippen LogP) is 2.21. The Labute approximate surface area is 122 Å². The fourth-order valence-electron chi connectivity index (χ4n) is 2.81. The summed E-state index contributed by atoms with van der Waals surface area (Å²) in [6, 6.07) is 9.17. The number of benzene rings is 1. The third-order valence-corrected chi connectivity index (χ3v) is 4.09. The highest BCUT2D eigenvalue weighted by Gasteiger charge is 2.32. The van der Waals surface area contributed by atoms with Crippen molar-refractivity contribution in [3.63, 3.8) is 0 Å². The predicted molar refractivity (Wildman–Crippen MR) is 82.3 cm³/mol. The molecule has 0 saturated carbocycles. The maximum atomic E-state index is 5.48. The normalized spacial score (nSPS) is 24.1. The van der Waals surface area contributed by atoms with E-state index in [2.05, 4.69) is 48.3 Å². The van der Waals surface area contributed by atoms with Crippen LogP contribution in [0.5, 0.6) is 0 Å². The first-order valence-corrected chi connectivity index (χ1v) is 7.33. The maximum Gasteiger partial charge on any atom is 0.102 e. The minimum Gasteiger partial charge on any atom is -0.377 e. The van der Waals surface area contributed by atoms with Crippen LogP contribution in [-0.2, 0) is 9.47 Å². The smallest absolute Gasteiger partial charge is 0.102 e. The van der Waals surface area contributed by atoms with Crippen LogP contribution in [-0.4, -0.2) is 46.1 Å². The van der Waals surface area contributed by atoms with Crippen LogP contribution in [0.3, 0.4) is 0 Å². The third-order valence-electron chi connectivity index (χ3n) is 4.09. The standard InChI is InChI=1S/C16H26N2O2/c1-5-17-12(2)13-6-8-14(9-7-13)18-10-15(19-3)16(11-18)20-4/h6-9,12,15-17H,5,10-11H2,1-4H3. The number of hydrogen-bond donors (Lipinski definition) is 1. The molecule has 0 radical (unpaired) electrons. The van der Waals surface area contributed by atoms with Gasteiger partial charge in [0.1, 0.15) is 12.2 Å². The first-order valence-electron chi connectivity index (χ1n) is 7.33. The van der Waals surface area contributed by atoms with Crippen molar-refractivity contribution in [3.05, 3.63) is 29.8 Å². The van der Waals surface area contributed by atoms with Crippen LogP contribution in [0.4, 0.5) is 5.69 Å². The number of nitrogens with one attached hydrogen (secondary N) is 1. The first kappa shape index (κ1) is 15.3. The van der Waals surface area contributed by atoms with E-state index in [4.69, 9.17) is 9.47 Å². The van der Waals surface area contributed by atoms with Crippen molar-refractivity contribution in [2.24, 2.45) is 0 Å². The SMILES string of the molecule is CCNC(C)c1ccc(N2CC(OC)C(OC)C2)cc1. The molecule has 0 aromatic heterocycles. The van der Waals surface area contributed by atoms with E-state index in [9.17, 15) is 0 Å². The number of methoxy groups -OCH3 is 2. The maximum absolute atomic E-state index is 5.48. The summed E-state index contributed by atoms with van der Waals surface area (Å²) in [4.78, 5) is 2.32. The van der Waals surface area contributed by atoms with E-state index in [1.807, 2.05) is 0 Å². The molecule has 1 heterocycles. The second-order valence-corrected chi connectivity index (χ2v) is 5.32. The van der Waals surface area contributed by atoms with Crippen LogP contribution in [0.2, 0.25) is 0 Å². The van der Waals surface area contributed by atoms with Gasteiger partial charge < -0.3 is 19.7 Å². The number of ether oxygens (including phenoxy) is 2. The topological polar surface area (TPSA) is 33.7 Å². The monoisotopic (exact) mass is 278 g/mol. The molecule has 1 aliphatic heterocycles. The molecule has 3 unspecified atom stereocenters. The Hall–Kier alpha value is -1.10.